The van der Waals surface area contributed by atoms with Crippen LogP contribution in [0.1, 0.15) is 72.6 Å². The first kappa shape index (κ1) is 15.0. The first-order valence-corrected chi connectivity index (χ1v) is 6.97. The van der Waals surface area contributed by atoms with E-state index in [4.69, 9.17) is 0 Å². The summed E-state index contributed by atoms with van der Waals surface area (Å²) >= 11 is 0. The molecule has 0 aliphatic rings. The van der Waals surface area contributed by atoms with E-state index in [0.717, 1.165) is 12.0 Å². The Bertz CT molecular complexity index is 123. The van der Waals surface area contributed by atoms with Gasteiger partial charge in [-0.3, -0.25) is 0 Å². The molecule has 0 spiro atoms. The Kier molecular flexibility index (Phi) is 10.4. The quantitative estimate of drug-likeness (QED) is 0.568. The number of nitrogens with one attached hydrogen (secondary N) is 1. The predicted octanol–water partition coefficient (Wildman–Crippen LogP) is 4.37. The maximum absolute atomic E-state index is 3.62. The van der Waals surface area contributed by atoms with Crippen LogP contribution in [0.15, 0.2) is 0 Å². The summed E-state index contributed by atoms with van der Waals surface area (Å²) in [6.07, 6.45) is 9.45. The van der Waals surface area contributed by atoms with Crippen LogP contribution in [0.4, 0.5) is 0 Å². The van der Waals surface area contributed by atoms with Crippen LogP contribution in [0, 0.1) is 5.92 Å². The Morgan fingerprint density at radius 2 is 1.67 bits per heavy atom. The molecule has 15 heavy (non-hydrogen) atoms. The molecular weight excluding hydrogens is 182 g/mol. The number of hydrogen-bond donors (Lipinski definition) is 1. The third-order valence-electron chi connectivity index (χ3n) is 3.21. The third kappa shape index (κ3) is 8.92. The Balaban J connectivity index is 3.44. The van der Waals surface area contributed by atoms with Crippen LogP contribution in [0.3, 0.4) is 0 Å². The highest BCUT2D eigenvalue weighted by Crippen LogP contribution is 2.15. The molecule has 92 valence electrons. The average Bonchev–Trinajstić information content (AvgIpc) is 2.23. The van der Waals surface area contributed by atoms with E-state index in [1.165, 1.54) is 51.5 Å². The molecule has 0 saturated heterocycles. The van der Waals surface area contributed by atoms with Crippen molar-refractivity contribution in [2.24, 2.45) is 5.92 Å². The van der Waals surface area contributed by atoms with Gasteiger partial charge in [-0.15, -0.1) is 0 Å². The molecule has 2 atom stereocenters. The first-order valence-electron chi connectivity index (χ1n) is 6.97. The Morgan fingerprint density at radius 1 is 0.933 bits per heavy atom. The van der Waals surface area contributed by atoms with Gasteiger partial charge in [-0.1, -0.05) is 53.4 Å². The van der Waals surface area contributed by atoms with Gasteiger partial charge in [0.05, 0.1) is 0 Å². The van der Waals surface area contributed by atoms with E-state index < -0.39 is 0 Å². The average molecular weight is 213 g/mol. The standard InChI is InChI=1S/C14H31N/c1-5-9-13(4)10-8-11-14(7-3)15-12-6-2/h13-15H,5-12H2,1-4H3. The highest BCUT2D eigenvalue weighted by molar-refractivity contribution is 4.65. The van der Waals surface area contributed by atoms with E-state index in [9.17, 15) is 0 Å². The molecule has 0 aromatic heterocycles. The molecule has 0 heterocycles. The maximum atomic E-state index is 3.62. The lowest BCUT2D eigenvalue weighted by Crippen LogP contribution is -2.29. The van der Waals surface area contributed by atoms with Gasteiger partial charge in [-0.05, 0) is 31.7 Å². The highest BCUT2D eigenvalue weighted by atomic mass is 14.9. The molecule has 0 bridgehead atoms. The summed E-state index contributed by atoms with van der Waals surface area (Å²) in [5.74, 6) is 0.929. The first-order chi connectivity index (χ1) is 7.24. The van der Waals surface area contributed by atoms with Gasteiger partial charge in [0.25, 0.3) is 0 Å². The SMILES string of the molecule is CCCNC(CC)CCCC(C)CCC. The van der Waals surface area contributed by atoms with E-state index in [0.29, 0.717) is 0 Å². The van der Waals surface area contributed by atoms with Gasteiger partial charge in [0.1, 0.15) is 0 Å². The van der Waals surface area contributed by atoms with E-state index in [1.54, 1.807) is 0 Å². The van der Waals surface area contributed by atoms with E-state index in [-0.39, 0.29) is 0 Å². The minimum atomic E-state index is 0.763. The van der Waals surface area contributed by atoms with Gasteiger partial charge < -0.3 is 5.32 Å². The van der Waals surface area contributed by atoms with Crippen molar-refractivity contribution in [3.8, 4) is 0 Å². The zero-order valence-electron chi connectivity index (χ0n) is 11.3. The van der Waals surface area contributed by atoms with E-state index >= 15 is 0 Å². The van der Waals surface area contributed by atoms with Crippen molar-refractivity contribution in [3.63, 3.8) is 0 Å². The second kappa shape index (κ2) is 10.5. The molecule has 0 amide bonds. The van der Waals surface area contributed by atoms with Crippen LogP contribution < -0.4 is 5.32 Å². The Morgan fingerprint density at radius 3 is 2.20 bits per heavy atom. The summed E-state index contributed by atoms with van der Waals surface area (Å²) in [5.41, 5.74) is 0. The van der Waals surface area contributed by atoms with Gasteiger partial charge >= 0.3 is 0 Å². The van der Waals surface area contributed by atoms with Gasteiger partial charge in [0, 0.05) is 6.04 Å². The fourth-order valence-electron chi connectivity index (χ4n) is 2.15. The summed E-state index contributed by atoms with van der Waals surface area (Å²) in [6, 6.07) is 0.763. The molecule has 0 aromatic rings. The summed E-state index contributed by atoms with van der Waals surface area (Å²) in [4.78, 5) is 0. The van der Waals surface area contributed by atoms with Crippen molar-refractivity contribution in [1.82, 2.24) is 5.32 Å². The molecular formula is C14H31N. The highest BCUT2D eigenvalue weighted by Gasteiger charge is 2.06. The summed E-state index contributed by atoms with van der Waals surface area (Å²) in [7, 11) is 0. The molecule has 0 aliphatic heterocycles. The fraction of sp³-hybridized carbons (Fsp3) is 1.00. The van der Waals surface area contributed by atoms with Crippen LogP contribution in [-0.2, 0) is 0 Å². The van der Waals surface area contributed by atoms with Gasteiger partial charge in [-0.2, -0.15) is 0 Å². The minimum Gasteiger partial charge on any atom is -0.314 e. The van der Waals surface area contributed by atoms with Crippen LogP contribution in [-0.4, -0.2) is 12.6 Å². The lowest BCUT2D eigenvalue weighted by Gasteiger charge is -2.17. The van der Waals surface area contributed by atoms with Crippen molar-refractivity contribution in [2.45, 2.75) is 78.7 Å². The van der Waals surface area contributed by atoms with Crippen LogP contribution in [0.5, 0.6) is 0 Å². The van der Waals surface area contributed by atoms with E-state index in [2.05, 4.69) is 33.0 Å². The number of rotatable bonds is 10. The molecule has 2 unspecified atom stereocenters. The van der Waals surface area contributed by atoms with Gasteiger partial charge in [0.2, 0.25) is 0 Å². The molecule has 0 saturated carbocycles. The molecule has 0 fully saturated rings. The van der Waals surface area contributed by atoms with Gasteiger partial charge in [-0.25, -0.2) is 0 Å². The number of hydrogen-bond acceptors (Lipinski definition) is 1. The zero-order chi connectivity index (χ0) is 11.5. The van der Waals surface area contributed by atoms with Crippen LogP contribution in [0.2, 0.25) is 0 Å². The van der Waals surface area contributed by atoms with Gasteiger partial charge in [0.15, 0.2) is 0 Å². The van der Waals surface area contributed by atoms with Crippen molar-refractivity contribution < 1.29 is 0 Å². The van der Waals surface area contributed by atoms with Crippen LogP contribution >= 0.6 is 0 Å². The normalized spacial score (nSPS) is 15.2. The molecule has 1 nitrogen and oxygen atoms in total. The van der Waals surface area contributed by atoms with E-state index in [1.807, 2.05) is 0 Å². The maximum Gasteiger partial charge on any atom is 0.00644 e. The summed E-state index contributed by atoms with van der Waals surface area (Å²) < 4.78 is 0. The summed E-state index contributed by atoms with van der Waals surface area (Å²) in [6.45, 7) is 10.4. The molecule has 0 rings (SSSR count). The molecule has 0 aromatic carbocycles. The minimum absolute atomic E-state index is 0.763. The topological polar surface area (TPSA) is 12.0 Å². The molecule has 0 aliphatic carbocycles. The third-order valence-corrected chi connectivity index (χ3v) is 3.21. The zero-order valence-corrected chi connectivity index (χ0v) is 11.3. The fourth-order valence-corrected chi connectivity index (χ4v) is 2.15. The molecule has 1 N–H and O–H groups in total. The largest absolute Gasteiger partial charge is 0.314 e. The predicted molar refractivity (Wildman–Crippen MR) is 70.3 cm³/mol. The second-order valence-electron chi connectivity index (χ2n) is 4.88. The molecule has 0 radical (unpaired) electrons. The lowest BCUT2D eigenvalue weighted by atomic mass is 9.97. The molecule has 1 heteroatoms. The monoisotopic (exact) mass is 213 g/mol. The van der Waals surface area contributed by atoms with Crippen molar-refractivity contribution >= 4 is 0 Å². The summed E-state index contributed by atoms with van der Waals surface area (Å²) in [5, 5.41) is 3.62. The Labute approximate surface area is 97.0 Å². The van der Waals surface area contributed by atoms with Crippen molar-refractivity contribution in [3.05, 3.63) is 0 Å². The smallest absolute Gasteiger partial charge is 0.00644 e. The van der Waals surface area contributed by atoms with Crippen molar-refractivity contribution in [2.75, 3.05) is 6.54 Å². The van der Waals surface area contributed by atoms with Crippen LogP contribution in [0.25, 0.3) is 0 Å². The Hall–Kier alpha value is -0.0400. The second-order valence-corrected chi connectivity index (χ2v) is 4.88. The lowest BCUT2D eigenvalue weighted by molar-refractivity contribution is 0.406. The van der Waals surface area contributed by atoms with Crippen molar-refractivity contribution in [1.29, 1.82) is 0 Å².